The third-order valence-electron chi connectivity index (χ3n) is 5.67. The Morgan fingerprint density at radius 1 is 1.38 bits per heavy atom. The van der Waals surface area contributed by atoms with Gasteiger partial charge in [-0.3, -0.25) is 9.59 Å². The number of allylic oxidation sites excluding steroid dienone is 3. The third-order valence-corrected chi connectivity index (χ3v) is 6.61. The Labute approximate surface area is 175 Å². The molecule has 0 unspecified atom stereocenters. The van der Waals surface area contributed by atoms with Crippen LogP contribution in [0.3, 0.4) is 0 Å². The van der Waals surface area contributed by atoms with Gasteiger partial charge in [-0.2, -0.15) is 0 Å². The van der Waals surface area contributed by atoms with Crippen LogP contribution < -0.4 is 5.32 Å². The summed E-state index contributed by atoms with van der Waals surface area (Å²) in [5.74, 6) is -2.85. The lowest BCUT2D eigenvalue weighted by atomic mass is 9.70. The molecule has 0 bridgehead atoms. The second kappa shape index (κ2) is 8.53. The number of carbonyl (C=O) groups is 3. The van der Waals surface area contributed by atoms with Gasteiger partial charge < -0.3 is 14.8 Å². The van der Waals surface area contributed by atoms with Gasteiger partial charge >= 0.3 is 11.9 Å². The van der Waals surface area contributed by atoms with Crippen molar-refractivity contribution in [2.75, 3.05) is 7.11 Å². The molecule has 1 N–H and O–H groups in total. The highest BCUT2D eigenvalue weighted by Crippen LogP contribution is 2.46. The van der Waals surface area contributed by atoms with Gasteiger partial charge in [0, 0.05) is 21.8 Å². The Bertz CT molecular complexity index is 883. The van der Waals surface area contributed by atoms with E-state index in [0.29, 0.717) is 29.7 Å². The summed E-state index contributed by atoms with van der Waals surface area (Å²) in [5.41, 5.74) is 2.37. The Morgan fingerprint density at radius 2 is 2.10 bits per heavy atom. The Morgan fingerprint density at radius 3 is 2.69 bits per heavy atom. The van der Waals surface area contributed by atoms with Crippen molar-refractivity contribution in [2.45, 2.75) is 52.6 Å². The van der Waals surface area contributed by atoms with Crippen molar-refractivity contribution < 1.29 is 23.9 Å². The summed E-state index contributed by atoms with van der Waals surface area (Å²) in [5, 5.41) is 5.18. The molecule has 0 saturated heterocycles. The van der Waals surface area contributed by atoms with E-state index in [9.17, 15) is 14.4 Å². The molecule has 1 aromatic heterocycles. The molecular formula is C22H27NO5S. The molecule has 0 saturated carbocycles. The summed E-state index contributed by atoms with van der Waals surface area (Å²) in [4.78, 5) is 39.7. The van der Waals surface area contributed by atoms with E-state index >= 15 is 0 Å². The van der Waals surface area contributed by atoms with E-state index in [4.69, 9.17) is 9.47 Å². The van der Waals surface area contributed by atoms with Crippen molar-refractivity contribution in [1.82, 2.24) is 5.32 Å². The molecule has 0 fully saturated rings. The summed E-state index contributed by atoms with van der Waals surface area (Å²) in [7, 11) is 1.29. The van der Waals surface area contributed by atoms with E-state index in [1.807, 2.05) is 45.2 Å². The zero-order valence-corrected chi connectivity index (χ0v) is 18.2. The molecule has 0 amide bonds. The lowest BCUT2D eigenvalue weighted by Gasteiger charge is -2.38. The third kappa shape index (κ3) is 3.88. The van der Waals surface area contributed by atoms with Gasteiger partial charge in [0.25, 0.3) is 0 Å². The van der Waals surface area contributed by atoms with Gasteiger partial charge in [-0.25, -0.2) is 4.79 Å². The lowest BCUT2D eigenvalue weighted by Crippen LogP contribution is -2.43. The largest absolute Gasteiger partial charge is 0.468 e. The van der Waals surface area contributed by atoms with Crippen molar-refractivity contribution >= 4 is 29.1 Å². The van der Waals surface area contributed by atoms with E-state index in [0.717, 1.165) is 10.6 Å². The van der Waals surface area contributed by atoms with Crippen LogP contribution in [0.25, 0.3) is 0 Å². The average Bonchev–Trinajstić information content (AvgIpc) is 3.20. The molecule has 1 aliphatic carbocycles. The maximum atomic E-state index is 13.5. The number of carbonyl (C=O) groups excluding carboxylic acids is 3. The topological polar surface area (TPSA) is 81.7 Å². The van der Waals surface area contributed by atoms with E-state index in [1.54, 1.807) is 0 Å². The standard InChI is InChI=1S/C22H27NO5S/c1-6-12(3)28-22(26)17-13(4)23-14-10-11(2)16(21(25)27-5)20(24)18(14)19(17)15-8-7-9-29-15/h7-9,11-12,16,19,23H,6,10H2,1-5H3/t11-,12+,16+,19+/m0/s1. The normalized spacial score (nSPS) is 25.3. The highest BCUT2D eigenvalue weighted by molar-refractivity contribution is 7.10. The number of esters is 2. The summed E-state index contributed by atoms with van der Waals surface area (Å²) in [6, 6.07) is 3.80. The van der Waals surface area contributed by atoms with Crippen LogP contribution in [0.15, 0.2) is 40.1 Å². The molecular weight excluding hydrogens is 390 g/mol. The summed E-state index contributed by atoms with van der Waals surface area (Å²) in [6.45, 7) is 7.49. The average molecular weight is 418 g/mol. The molecule has 29 heavy (non-hydrogen) atoms. The number of thiophene rings is 1. The van der Waals surface area contributed by atoms with Crippen LogP contribution in [0.2, 0.25) is 0 Å². The first-order valence-electron chi connectivity index (χ1n) is 9.87. The van der Waals surface area contributed by atoms with Crippen LogP contribution >= 0.6 is 11.3 Å². The number of Topliss-reactive ketones (excluding diaryl/α,β-unsaturated/α-hetero) is 1. The Kier molecular flexibility index (Phi) is 6.27. The highest BCUT2D eigenvalue weighted by atomic mass is 32.1. The predicted molar refractivity (Wildman–Crippen MR) is 110 cm³/mol. The molecule has 0 aromatic carbocycles. The second-order valence-electron chi connectivity index (χ2n) is 7.67. The molecule has 156 valence electrons. The van der Waals surface area contributed by atoms with Crippen LogP contribution in [-0.2, 0) is 23.9 Å². The van der Waals surface area contributed by atoms with Crippen LogP contribution in [0.5, 0.6) is 0 Å². The molecule has 3 rings (SSSR count). The number of rotatable bonds is 5. The summed E-state index contributed by atoms with van der Waals surface area (Å²) < 4.78 is 10.5. The van der Waals surface area contributed by atoms with E-state index in [2.05, 4.69) is 5.32 Å². The van der Waals surface area contributed by atoms with Crippen LogP contribution in [0.1, 0.15) is 51.3 Å². The Hall–Kier alpha value is -2.41. The van der Waals surface area contributed by atoms with E-state index in [1.165, 1.54) is 18.4 Å². The molecule has 0 spiro atoms. The number of nitrogens with one attached hydrogen (secondary N) is 1. The van der Waals surface area contributed by atoms with Crippen molar-refractivity contribution in [1.29, 1.82) is 0 Å². The zero-order valence-electron chi connectivity index (χ0n) is 17.4. The quantitative estimate of drug-likeness (QED) is 0.581. The molecule has 2 heterocycles. The lowest BCUT2D eigenvalue weighted by molar-refractivity contribution is -0.151. The van der Waals surface area contributed by atoms with Crippen LogP contribution in [0, 0.1) is 11.8 Å². The van der Waals surface area contributed by atoms with Crippen molar-refractivity contribution in [3.8, 4) is 0 Å². The minimum absolute atomic E-state index is 0.188. The second-order valence-corrected chi connectivity index (χ2v) is 8.65. The number of hydrogen-bond donors (Lipinski definition) is 1. The monoisotopic (exact) mass is 417 g/mol. The van der Waals surface area contributed by atoms with Crippen molar-refractivity contribution in [3.63, 3.8) is 0 Å². The fourth-order valence-corrected chi connectivity index (χ4v) is 4.86. The summed E-state index contributed by atoms with van der Waals surface area (Å²) >= 11 is 1.48. The fraction of sp³-hybridized carbons (Fsp3) is 0.500. The number of ether oxygens (including phenoxy) is 2. The zero-order chi connectivity index (χ0) is 21.3. The first-order chi connectivity index (χ1) is 13.8. The maximum absolute atomic E-state index is 13.5. The number of hydrogen-bond acceptors (Lipinski definition) is 7. The predicted octanol–water partition coefficient (Wildman–Crippen LogP) is 3.70. The Balaban J connectivity index is 2.10. The van der Waals surface area contributed by atoms with E-state index in [-0.39, 0.29) is 17.8 Å². The first kappa shape index (κ1) is 21.3. The SMILES string of the molecule is CC[C@@H](C)OC(=O)C1=C(C)NC2=C(C(=O)[C@H](C(=O)OC)[C@@H](C)C2)[C@@H]1c1cccs1. The van der Waals surface area contributed by atoms with Gasteiger partial charge in [0.2, 0.25) is 0 Å². The van der Waals surface area contributed by atoms with E-state index < -0.39 is 23.8 Å². The molecule has 0 radical (unpaired) electrons. The van der Waals surface area contributed by atoms with Crippen molar-refractivity contribution in [2.24, 2.45) is 11.8 Å². The van der Waals surface area contributed by atoms with Gasteiger partial charge in [-0.1, -0.05) is 19.9 Å². The first-order valence-corrected chi connectivity index (χ1v) is 10.7. The van der Waals surface area contributed by atoms with Gasteiger partial charge in [0.15, 0.2) is 5.78 Å². The molecule has 6 nitrogen and oxygen atoms in total. The van der Waals surface area contributed by atoms with Gasteiger partial charge in [-0.05, 0) is 44.1 Å². The highest BCUT2D eigenvalue weighted by Gasteiger charge is 2.47. The van der Waals surface area contributed by atoms with Crippen LogP contribution in [-0.4, -0.2) is 30.9 Å². The molecule has 4 atom stereocenters. The fourth-order valence-electron chi connectivity index (χ4n) is 4.02. The molecule has 1 aliphatic heterocycles. The van der Waals surface area contributed by atoms with Gasteiger partial charge in [0.05, 0.1) is 24.7 Å². The molecule has 1 aromatic rings. The number of dihydropyridines is 1. The number of ketones is 1. The molecule has 7 heteroatoms. The smallest absolute Gasteiger partial charge is 0.337 e. The number of methoxy groups -OCH3 is 1. The maximum Gasteiger partial charge on any atom is 0.337 e. The van der Waals surface area contributed by atoms with Crippen LogP contribution in [0.4, 0.5) is 0 Å². The summed E-state index contributed by atoms with van der Waals surface area (Å²) in [6.07, 6.45) is 1.00. The minimum atomic E-state index is -0.867. The van der Waals surface area contributed by atoms with Crippen molar-refractivity contribution in [3.05, 3.63) is 44.9 Å². The van der Waals surface area contributed by atoms with Gasteiger partial charge in [-0.15, -0.1) is 11.3 Å². The minimum Gasteiger partial charge on any atom is -0.468 e. The molecule has 2 aliphatic rings. The van der Waals surface area contributed by atoms with Gasteiger partial charge in [0.1, 0.15) is 5.92 Å².